The highest BCUT2D eigenvalue weighted by molar-refractivity contribution is 7.99. The van der Waals surface area contributed by atoms with Crippen LogP contribution in [0.15, 0.2) is 41.8 Å². The van der Waals surface area contributed by atoms with E-state index >= 15 is 0 Å². The summed E-state index contributed by atoms with van der Waals surface area (Å²) < 4.78 is 1.88. The van der Waals surface area contributed by atoms with Crippen molar-refractivity contribution in [2.75, 3.05) is 5.75 Å². The molecule has 0 fully saturated rings. The molecule has 0 unspecified atom stereocenters. The molecule has 5 heteroatoms. The van der Waals surface area contributed by atoms with E-state index in [1.165, 1.54) is 17.3 Å². The van der Waals surface area contributed by atoms with E-state index < -0.39 is 0 Å². The first kappa shape index (κ1) is 13.0. The van der Waals surface area contributed by atoms with Crippen LogP contribution in [0.4, 0.5) is 0 Å². The number of rotatable bonds is 4. The number of fused-ring (bicyclic) bond motifs is 1. The van der Waals surface area contributed by atoms with E-state index in [4.69, 9.17) is 0 Å². The molecular weight excluding hydrogens is 270 g/mol. The number of aromatic amines is 1. The van der Waals surface area contributed by atoms with E-state index in [2.05, 4.69) is 16.0 Å². The van der Waals surface area contributed by atoms with Gasteiger partial charge in [-0.1, -0.05) is 17.8 Å². The van der Waals surface area contributed by atoms with Gasteiger partial charge in [-0.25, -0.2) is 4.98 Å². The summed E-state index contributed by atoms with van der Waals surface area (Å²) in [7, 11) is 1.91. The fraction of sp³-hybridized carbons (Fsp3) is 0.200. The maximum Gasteiger partial charge on any atom is 0.174 e. The number of carbonyl (C=O) groups is 1. The van der Waals surface area contributed by atoms with Gasteiger partial charge < -0.3 is 9.55 Å². The summed E-state index contributed by atoms with van der Waals surface area (Å²) in [6.45, 7) is 2.05. The number of carbonyl (C=O) groups excluding carboxylic acids is 1. The molecule has 0 saturated heterocycles. The lowest BCUT2D eigenvalue weighted by molar-refractivity contribution is 0.102. The van der Waals surface area contributed by atoms with E-state index in [9.17, 15) is 4.79 Å². The van der Waals surface area contributed by atoms with Gasteiger partial charge in [0.05, 0.1) is 16.8 Å². The molecule has 0 aliphatic heterocycles. The van der Waals surface area contributed by atoms with Crippen LogP contribution in [0, 0.1) is 6.92 Å². The number of H-pyrrole nitrogens is 1. The van der Waals surface area contributed by atoms with Crippen molar-refractivity contribution in [1.82, 2.24) is 14.5 Å². The van der Waals surface area contributed by atoms with Crippen LogP contribution in [0.2, 0.25) is 0 Å². The molecule has 0 atom stereocenters. The third kappa shape index (κ3) is 2.63. The van der Waals surface area contributed by atoms with Gasteiger partial charge in [0.15, 0.2) is 10.9 Å². The zero-order valence-corrected chi connectivity index (χ0v) is 12.2. The van der Waals surface area contributed by atoms with Crippen LogP contribution in [-0.4, -0.2) is 26.1 Å². The normalized spacial score (nSPS) is 11.1. The number of nitrogens with one attached hydrogen (secondary N) is 1. The Labute approximate surface area is 121 Å². The van der Waals surface area contributed by atoms with Gasteiger partial charge in [-0.2, -0.15) is 0 Å². The van der Waals surface area contributed by atoms with Crippen molar-refractivity contribution in [2.45, 2.75) is 12.1 Å². The fourth-order valence-corrected chi connectivity index (χ4v) is 2.83. The number of thioether (sulfide) groups is 1. The predicted molar refractivity (Wildman–Crippen MR) is 81.3 cm³/mol. The molecular formula is C15H15N3OS. The highest BCUT2D eigenvalue weighted by Crippen LogP contribution is 2.21. The number of Topliss-reactive ketones (excluding diaryl/α,β-unsaturated/α-hetero) is 1. The molecule has 3 rings (SSSR count). The van der Waals surface area contributed by atoms with Gasteiger partial charge in [-0.3, -0.25) is 4.79 Å². The zero-order valence-electron chi connectivity index (χ0n) is 11.4. The lowest BCUT2D eigenvalue weighted by Gasteiger charge is -1.95. The molecule has 3 aromatic rings. The Hall–Kier alpha value is -2.01. The van der Waals surface area contributed by atoms with E-state index in [1.54, 1.807) is 0 Å². The van der Waals surface area contributed by atoms with E-state index in [1.807, 2.05) is 49.1 Å². The van der Waals surface area contributed by atoms with Crippen molar-refractivity contribution >= 4 is 28.6 Å². The monoisotopic (exact) mass is 285 g/mol. The number of hydrogen-bond donors (Lipinski definition) is 1. The number of imidazole rings is 1. The lowest BCUT2D eigenvalue weighted by atomic mass is 10.2. The van der Waals surface area contributed by atoms with Crippen molar-refractivity contribution in [1.29, 1.82) is 0 Å². The molecule has 0 amide bonds. The molecule has 0 radical (unpaired) electrons. The highest BCUT2D eigenvalue weighted by atomic mass is 32.2. The Balaban J connectivity index is 1.72. The number of aryl methyl sites for hydroxylation is 2. The van der Waals surface area contributed by atoms with E-state index in [-0.39, 0.29) is 5.78 Å². The number of hydrogen-bond acceptors (Lipinski definition) is 3. The molecule has 0 spiro atoms. The van der Waals surface area contributed by atoms with Gasteiger partial charge in [-0.05, 0) is 30.7 Å². The van der Waals surface area contributed by atoms with Crippen molar-refractivity contribution in [3.63, 3.8) is 0 Å². The van der Waals surface area contributed by atoms with Gasteiger partial charge in [0.1, 0.15) is 0 Å². The average molecular weight is 285 g/mol. The topological polar surface area (TPSA) is 50.7 Å². The molecule has 0 aliphatic rings. The Bertz CT molecular complexity index is 772. The quantitative estimate of drug-likeness (QED) is 0.591. The molecule has 20 heavy (non-hydrogen) atoms. The van der Waals surface area contributed by atoms with Crippen LogP contribution in [0.5, 0.6) is 0 Å². The molecule has 1 N–H and O–H groups in total. The molecule has 0 aliphatic carbocycles. The van der Waals surface area contributed by atoms with Crippen molar-refractivity contribution in [3.8, 4) is 0 Å². The minimum Gasteiger partial charge on any atom is -0.357 e. The van der Waals surface area contributed by atoms with Crippen molar-refractivity contribution in [3.05, 3.63) is 47.8 Å². The SMILES string of the molecule is Cc1ccc2nc(SCC(=O)c3ccn(C)c3)[nH]c2c1. The number of nitrogens with zero attached hydrogens (tertiary/aromatic N) is 2. The Morgan fingerprint density at radius 3 is 3.00 bits per heavy atom. The van der Waals surface area contributed by atoms with Gasteiger partial charge >= 0.3 is 0 Å². The van der Waals surface area contributed by atoms with Gasteiger partial charge in [0, 0.05) is 25.0 Å². The minimum absolute atomic E-state index is 0.118. The second-order valence-corrected chi connectivity index (χ2v) is 5.80. The predicted octanol–water partition coefficient (Wildman–Crippen LogP) is 3.18. The molecule has 0 bridgehead atoms. The third-order valence-corrected chi connectivity index (χ3v) is 3.98. The van der Waals surface area contributed by atoms with Gasteiger partial charge in [0.2, 0.25) is 0 Å². The fourth-order valence-electron chi connectivity index (χ4n) is 2.05. The van der Waals surface area contributed by atoms with Crippen LogP contribution < -0.4 is 0 Å². The molecule has 102 valence electrons. The van der Waals surface area contributed by atoms with Crippen LogP contribution in [0.3, 0.4) is 0 Å². The van der Waals surface area contributed by atoms with E-state index in [0.717, 1.165) is 21.8 Å². The van der Waals surface area contributed by atoms with Crippen molar-refractivity contribution < 1.29 is 4.79 Å². The maximum absolute atomic E-state index is 12.0. The Morgan fingerprint density at radius 2 is 2.25 bits per heavy atom. The first-order valence-electron chi connectivity index (χ1n) is 6.36. The van der Waals surface area contributed by atoms with Crippen LogP contribution >= 0.6 is 11.8 Å². The first-order chi connectivity index (χ1) is 9.61. The number of benzene rings is 1. The molecule has 1 aromatic carbocycles. The first-order valence-corrected chi connectivity index (χ1v) is 7.35. The maximum atomic E-state index is 12.0. The summed E-state index contributed by atoms with van der Waals surface area (Å²) in [5, 5.41) is 0.787. The second kappa shape index (κ2) is 5.17. The summed E-state index contributed by atoms with van der Waals surface area (Å²) in [5.41, 5.74) is 3.88. The summed E-state index contributed by atoms with van der Waals surface area (Å²) in [5.74, 6) is 0.509. The molecule has 4 nitrogen and oxygen atoms in total. The van der Waals surface area contributed by atoms with Crippen molar-refractivity contribution in [2.24, 2.45) is 7.05 Å². The second-order valence-electron chi connectivity index (χ2n) is 4.84. The lowest BCUT2D eigenvalue weighted by Crippen LogP contribution is -2.01. The molecule has 2 heterocycles. The summed E-state index contributed by atoms with van der Waals surface area (Å²) in [6.07, 6.45) is 3.72. The largest absolute Gasteiger partial charge is 0.357 e. The zero-order chi connectivity index (χ0) is 14.1. The highest BCUT2D eigenvalue weighted by Gasteiger charge is 2.10. The molecule has 2 aromatic heterocycles. The van der Waals surface area contributed by atoms with E-state index in [0.29, 0.717) is 5.75 Å². The summed E-state index contributed by atoms with van der Waals surface area (Å²) >= 11 is 1.44. The minimum atomic E-state index is 0.118. The number of aromatic nitrogens is 3. The van der Waals surface area contributed by atoms with Crippen LogP contribution in [0.25, 0.3) is 11.0 Å². The third-order valence-electron chi connectivity index (χ3n) is 3.11. The summed E-state index contributed by atoms with van der Waals surface area (Å²) in [4.78, 5) is 19.7. The van der Waals surface area contributed by atoms with Gasteiger partial charge in [0.25, 0.3) is 0 Å². The Morgan fingerprint density at radius 1 is 1.40 bits per heavy atom. The van der Waals surface area contributed by atoms with Gasteiger partial charge in [-0.15, -0.1) is 0 Å². The van der Waals surface area contributed by atoms with Crippen LogP contribution in [-0.2, 0) is 7.05 Å². The Kier molecular flexibility index (Phi) is 3.36. The smallest absolute Gasteiger partial charge is 0.174 e. The van der Waals surface area contributed by atoms with Crippen LogP contribution in [0.1, 0.15) is 15.9 Å². The summed E-state index contributed by atoms with van der Waals surface area (Å²) in [6, 6.07) is 7.92. The average Bonchev–Trinajstić information content (AvgIpc) is 3.01. The number of ketones is 1. The molecule has 0 saturated carbocycles. The standard InChI is InChI=1S/C15H15N3OS/c1-10-3-4-12-13(7-10)17-15(16-12)20-9-14(19)11-5-6-18(2)8-11/h3-8H,9H2,1-2H3,(H,16,17).